The molecule has 1 aromatic carbocycles. The number of allylic oxidation sites excluding steroid dienone is 1. The second-order valence-electron chi connectivity index (χ2n) is 3.42. The van der Waals surface area contributed by atoms with Gasteiger partial charge in [0.25, 0.3) is 0 Å². The second kappa shape index (κ2) is 3.74. The number of hydrogen-bond acceptors (Lipinski definition) is 2. The van der Waals surface area contributed by atoms with Crippen LogP contribution in [0.1, 0.15) is 18.4 Å². The van der Waals surface area contributed by atoms with Crippen molar-refractivity contribution in [1.29, 1.82) is 0 Å². The summed E-state index contributed by atoms with van der Waals surface area (Å²) in [7, 11) is 3.31. The van der Waals surface area contributed by atoms with Gasteiger partial charge in [0.05, 0.1) is 14.2 Å². The summed E-state index contributed by atoms with van der Waals surface area (Å²) in [5.74, 6) is 1.58. The summed E-state index contributed by atoms with van der Waals surface area (Å²) in [5, 5.41) is 0. The predicted molar refractivity (Wildman–Crippen MR) is 56.8 cm³/mol. The highest BCUT2D eigenvalue weighted by Crippen LogP contribution is 2.33. The molecule has 0 saturated heterocycles. The first kappa shape index (κ1) is 9.13. The normalized spacial score (nSPS) is 13.7. The monoisotopic (exact) mass is 190 g/mol. The van der Waals surface area contributed by atoms with Crippen LogP contribution >= 0.6 is 0 Å². The molecule has 0 N–H and O–H groups in total. The molecule has 2 nitrogen and oxygen atoms in total. The molecule has 2 rings (SSSR count). The van der Waals surface area contributed by atoms with Crippen LogP contribution in [0.25, 0.3) is 6.08 Å². The first-order chi connectivity index (χ1) is 6.83. The minimum atomic E-state index is 0.783. The zero-order valence-corrected chi connectivity index (χ0v) is 8.54. The highest BCUT2D eigenvalue weighted by atomic mass is 16.5. The Morgan fingerprint density at radius 3 is 2.36 bits per heavy atom. The van der Waals surface area contributed by atoms with Gasteiger partial charge in [0, 0.05) is 0 Å². The van der Waals surface area contributed by atoms with E-state index < -0.39 is 0 Å². The fourth-order valence-electron chi connectivity index (χ4n) is 1.39. The first-order valence-corrected chi connectivity index (χ1v) is 4.75. The lowest BCUT2D eigenvalue weighted by Crippen LogP contribution is -1.90. The van der Waals surface area contributed by atoms with E-state index in [0.717, 1.165) is 11.5 Å². The molecule has 0 radical (unpaired) electrons. The molecule has 1 aliphatic carbocycles. The molecule has 0 unspecified atom stereocenters. The third-order valence-corrected chi connectivity index (χ3v) is 2.32. The Kier molecular flexibility index (Phi) is 2.44. The highest BCUT2D eigenvalue weighted by molar-refractivity contribution is 5.60. The lowest BCUT2D eigenvalue weighted by atomic mass is 10.2. The van der Waals surface area contributed by atoms with Crippen LogP contribution in [0.4, 0.5) is 0 Å². The van der Waals surface area contributed by atoms with E-state index in [0.29, 0.717) is 0 Å². The molecule has 74 valence electrons. The number of rotatable bonds is 3. The zero-order chi connectivity index (χ0) is 9.97. The average molecular weight is 190 g/mol. The minimum absolute atomic E-state index is 0.783. The Morgan fingerprint density at radius 2 is 1.79 bits per heavy atom. The molecule has 0 atom stereocenters. The molecule has 2 heteroatoms. The van der Waals surface area contributed by atoms with Gasteiger partial charge in [-0.05, 0) is 30.5 Å². The van der Waals surface area contributed by atoms with Crippen molar-refractivity contribution in [2.24, 2.45) is 0 Å². The molecule has 0 amide bonds. The van der Waals surface area contributed by atoms with Gasteiger partial charge in [0.1, 0.15) is 0 Å². The largest absolute Gasteiger partial charge is 0.493 e. The van der Waals surface area contributed by atoms with E-state index in [9.17, 15) is 0 Å². The number of ether oxygens (including phenoxy) is 2. The Labute approximate surface area is 84.2 Å². The minimum Gasteiger partial charge on any atom is -0.493 e. The van der Waals surface area contributed by atoms with Crippen LogP contribution in [-0.4, -0.2) is 14.2 Å². The van der Waals surface area contributed by atoms with E-state index in [-0.39, 0.29) is 0 Å². The van der Waals surface area contributed by atoms with E-state index in [2.05, 4.69) is 6.08 Å². The van der Waals surface area contributed by atoms with Gasteiger partial charge in [-0.1, -0.05) is 17.7 Å². The molecule has 1 aliphatic rings. The molecule has 0 spiro atoms. The lowest BCUT2D eigenvalue weighted by Gasteiger charge is -2.07. The Balaban J connectivity index is 2.30. The van der Waals surface area contributed by atoms with Crippen molar-refractivity contribution in [2.75, 3.05) is 14.2 Å². The van der Waals surface area contributed by atoms with E-state index in [4.69, 9.17) is 9.47 Å². The summed E-state index contributed by atoms with van der Waals surface area (Å²) >= 11 is 0. The predicted octanol–water partition coefficient (Wildman–Crippen LogP) is 2.88. The number of methoxy groups -OCH3 is 2. The number of hydrogen-bond donors (Lipinski definition) is 0. The Bertz CT molecular complexity index is 361. The maximum atomic E-state index is 5.22. The van der Waals surface area contributed by atoms with Gasteiger partial charge < -0.3 is 9.47 Å². The summed E-state index contributed by atoms with van der Waals surface area (Å²) in [6.45, 7) is 0. The number of benzene rings is 1. The van der Waals surface area contributed by atoms with Crippen LogP contribution in [0.3, 0.4) is 0 Å². The molecule has 0 aliphatic heterocycles. The summed E-state index contributed by atoms with van der Waals surface area (Å²) in [5.41, 5.74) is 2.70. The quantitative estimate of drug-likeness (QED) is 0.729. The van der Waals surface area contributed by atoms with Gasteiger partial charge in [-0.2, -0.15) is 0 Å². The van der Waals surface area contributed by atoms with Gasteiger partial charge in [-0.25, -0.2) is 0 Å². The van der Waals surface area contributed by atoms with Crippen molar-refractivity contribution < 1.29 is 9.47 Å². The third kappa shape index (κ3) is 1.90. The molecule has 0 aromatic heterocycles. The SMILES string of the molecule is COc1ccc(C=C2CC2)cc1OC. The third-order valence-electron chi connectivity index (χ3n) is 2.32. The van der Waals surface area contributed by atoms with Gasteiger partial charge >= 0.3 is 0 Å². The van der Waals surface area contributed by atoms with Gasteiger partial charge in [-0.3, -0.25) is 0 Å². The van der Waals surface area contributed by atoms with Crippen molar-refractivity contribution in [3.8, 4) is 11.5 Å². The lowest BCUT2D eigenvalue weighted by molar-refractivity contribution is 0.355. The van der Waals surface area contributed by atoms with Crippen molar-refractivity contribution in [1.82, 2.24) is 0 Å². The van der Waals surface area contributed by atoms with Gasteiger partial charge in [0.15, 0.2) is 11.5 Å². The van der Waals surface area contributed by atoms with Crippen LogP contribution in [0.2, 0.25) is 0 Å². The molecule has 1 fully saturated rings. The first-order valence-electron chi connectivity index (χ1n) is 4.75. The molecule has 0 heterocycles. The maximum absolute atomic E-state index is 5.22. The maximum Gasteiger partial charge on any atom is 0.161 e. The summed E-state index contributed by atoms with van der Waals surface area (Å²) in [6.07, 6.45) is 4.70. The zero-order valence-electron chi connectivity index (χ0n) is 8.54. The van der Waals surface area contributed by atoms with Crippen molar-refractivity contribution in [3.63, 3.8) is 0 Å². The van der Waals surface area contributed by atoms with E-state index >= 15 is 0 Å². The van der Waals surface area contributed by atoms with Gasteiger partial charge in [0.2, 0.25) is 0 Å². The summed E-state index contributed by atoms with van der Waals surface area (Å²) in [6, 6.07) is 5.99. The highest BCUT2D eigenvalue weighted by Gasteiger charge is 2.11. The molecule has 0 bridgehead atoms. The molecule has 1 saturated carbocycles. The van der Waals surface area contributed by atoms with E-state index in [1.807, 2.05) is 18.2 Å². The van der Waals surface area contributed by atoms with Crippen LogP contribution in [0, 0.1) is 0 Å². The Morgan fingerprint density at radius 1 is 1.07 bits per heavy atom. The van der Waals surface area contributed by atoms with Crippen molar-refractivity contribution >= 4 is 6.08 Å². The average Bonchev–Trinajstić information content (AvgIpc) is 3.01. The Hall–Kier alpha value is -1.44. The second-order valence-corrected chi connectivity index (χ2v) is 3.42. The van der Waals surface area contributed by atoms with Crippen molar-refractivity contribution in [2.45, 2.75) is 12.8 Å². The van der Waals surface area contributed by atoms with E-state index in [1.165, 1.54) is 24.0 Å². The molecular formula is C12H14O2. The molecule has 14 heavy (non-hydrogen) atoms. The summed E-state index contributed by atoms with van der Waals surface area (Å²) in [4.78, 5) is 0. The van der Waals surface area contributed by atoms with E-state index in [1.54, 1.807) is 14.2 Å². The smallest absolute Gasteiger partial charge is 0.161 e. The standard InChI is InChI=1S/C12H14O2/c1-13-11-6-5-10(7-9-3-4-9)8-12(11)14-2/h5-8H,3-4H2,1-2H3. The van der Waals surface area contributed by atoms with Gasteiger partial charge in [-0.15, -0.1) is 0 Å². The van der Waals surface area contributed by atoms with Crippen LogP contribution in [0.5, 0.6) is 11.5 Å². The molecule has 1 aromatic rings. The van der Waals surface area contributed by atoms with Crippen LogP contribution < -0.4 is 9.47 Å². The fraction of sp³-hybridized carbons (Fsp3) is 0.333. The summed E-state index contributed by atoms with van der Waals surface area (Å²) < 4.78 is 10.4. The topological polar surface area (TPSA) is 18.5 Å². The van der Waals surface area contributed by atoms with Crippen LogP contribution in [0.15, 0.2) is 23.8 Å². The van der Waals surface area contributed by atoms with Crippen LogP contribution in [-0.2, 0) is 0 Å². The molecular weight excluding hydrogens is 176 g/mol. The van der Waals surface area contributed by atoms with Crippen molar-refractivity contribution in [3.05, 3.63) is 29.3 Å². The fourth-order valence-corrected chi connectivity index (χ4v) is 1.39.